The van der Waals surface area contributed by atoms with Crippen LogP contribution in [0.25, 0.3) is 0 Å². The zero-order valence-electron chi connectivity index (χ0n) is 16.5. The second kappa shape index (κ2) is 8.13. The quantitative estimate of drug-likeness (QED) is 0.733. The lowest BCUT2D eigenvalue weighted by Gasteiger charge is -2.35. The third kappa shape index (κ3) is 3.91. The van der Waals surface area contributed by atoms with Crippen molar-refractivity contribution in [3.63, 3.8) is 0 Å². The number of hydrogen-bond donors (Lipinski definition) is 2. The van der Waals surface area contributed by atoms with Gasteiger partial charge in [0.2, 0.25) is 5.91 Å². The Kier molecular flexibility index (Phi) is 5.40. The molecule has 2 fully saturated rings. The Morgan fingerprint density at radius 1 is 1.07 bits per heavy atom. The minimum Gasteiger partial charge on any atom is -0.508 e. The Morgan fingerprint density at radius 2 is 1.79 bits per heavy atom. The Labute approximate surface area is 170 Å². The third-order valence-electron chi connectivity index (χ3n) is 5.65. The van der Waals surface area contributed by atoms with Gasteiger partial charge in [0.25, 0.3) is 5.91 Å². The standard InChI is InChI=1S/C22H25N3O4/c1-2-29-19-5-3-4-17(14-19)25-21(27)15-20(22(25)28)24-12-10-23(11-13-24)16-6-8-18(26)9-7-16/h3-9,14,20,26H,2,10-13,15H2,1H3/p+1/t20-/m0/s1. The molecule has 4 rings (SSSR count). The minimum absolute atomic E-state index is 0.128. The molecule has 2 N–H and O–H groups in total. The normalized spacial score (nSPS) is 20.4. The molecule has 0 saturated carbocycles. The van der Waals surface area contributed by atoms with Crippen molar-refractivity contribution in [3.05, 3.63) is 48.5 Å². The van der Waals surface area contributed by atoms with Gasteiger partial charge in [0.1, 0.15) is 11.5 Å². The molecule has 0 radical (unpaired) electrons. The molecule has 2 heterocycles. The van der Waals surface area contributed by atoms with Crippen molar-refractivity contribution in [2.75, 3.05) is 42.6 Å². The molecule has 2 saturated heterocycles. The van der Waals surface area contributed by atoms with Crippen LogP contribution in [0.4, 0.5) is 11.4 Å². The van der Waals surface area contributed by atoms with Crippen LogP contribution in [0, 0.1) is 0 Å². The van der Waals surface area contributed by atoms with Crippen molar-refractivity contribution < 1.29 is 24.3 Å². The van der Waals surface area contributed by atoms with E-state index in [4.69, 9.17) is 4.74 Å². The summed E-state index contributed by atoms with van der Waals surface area (Å²) in [5.74, 6) is 0.629. The van der Waals surface area contributed by atoms with E-state index in [1.807, 2.05) is 25.1 Å². The molecule has 7 heteroatoms. The minimum atomic E-state index is -0.333. The molecular formula is C22H26N3O4+. The number of phenolic OH excluding ortho intramolecular Hbond substituents is 1. The van der Waals surface area contributed by atoms with E-state index < -0.39 is 0 Å². The number of quaternary nitrogens is 1. The van der Waals surface area contributed by atoms with Crippen molar-refractivity contribution >= 4 is 23.2 Å². The first-order chi connectivity index (χ1) is 14.1. The highest BCUT2D eigenvalue weighted by Crippen LogP contribution is 2.26. The maximum absolute atomic E-state index is 13.1. The van der Waals surface area contributed by atoms with E-state index in [0.717, 1.165) is 36.8 Å². The van der Waals surface area contributed by atoms with Crippen LogP contribution >= 0.6 is 0 Å². The second-order valence-electron chi connectivity index (χ2n) is 7.42. The van der Waals surface area contributed by atoms with E-state index in [1.165, 1.54) is 4.90 Å². The zero-order valence-corrected chi connectivity index (χ0v) is 16.5. The highest BCUT2D eigenvalue weighted by atomic mass is 16.5. The van der Waals surface area contributed by atoms with Gasteiger partial charge < -0.3 is 19.6 Å². The fourth-order valence-electron chi connectivity index (χ4n) is 4.17. The summed E-state index contributed by atoms with van der Waals surface area (Å²) in [6, 6.07) is 14.0. The van der Waals surface area contributed by atoms with Crippen LogP contribution in [0.5, 0.6) is 11.5 Å². The number of amides is 2. The lowest BCUT2D eigenvalue weighted by Crippen LogP contribution is -3.19. The Morgan fingerprint density at radius 3 is 2.48 bits per heavy atom. The molecule has 29 heavy (non-hydrogen) atoms. The van der Waals surface area contributed by atoms with Crippen LogP contribution in [0.3, 0.4) is 0 Å². The lowest BCUT2D eigenvalue weighted by atomic mass is 10.1. The van der Waals surface area contributed by atoms with Crippen molar-refractivity contribution in [3.8, 4) is 11.5 Å². The summed E-state index contributed by atoms with van der Waals surface area (Å²) < 4.78 is 5.51. The van der Waals surface area contributed by atoms with Gasteiger partial charge in [-0.2, -0.15) is 0 Å². The monoisotopic (exact) mass is 396 g/mol. The highest BCUT2D eigenvalue weighted by Gasteiger charge is 2.46. The molecule has 2 amide bonds. The molecule has 2 aliphatic rings. The summed E-state index contributed by atoms with van der Waals surface area (Å²) >= 11 is 0. The number of nitrogens with one attached hydrogen (secondary N) is 1. The molecule has 2 aromatic carbocycles. The van der Waals surface area contributed by atoms with Crippen molar-refractivity contribution in [1.29, 1.82) is 0 Å². The SMILES string of the molecule is CCOc1cccc(N2C(=O)C[C@H]([NH+]3CCN(c4ccc(O)cc4)CC3)C2=O)c1. The molecule has 0 aliphatic carbocycles. The number of rotatable bonds is 5. The van der Waals surface area contributed by atoms with Crippen LogP contribution in [0.1, 0.15) is 13.3 Å². The molecule has 0 aromatic heterocycles. The third-order valence-corrected chi connectivity index (χ3v) is 5.65. The molecule has 0 bridgehead atoms. The number of anilines is 2. The number of benzene rings is 2. The van der Waals surface area contributed by atoms with Gasteiger partial charge in [0, 0.05) is 11.8 Å². The van der Waals surface area contributed by atoms with E-state index >= 15 is 0 Å². The Balaban J connectivity index is 1.43. The molecule has 152 valence electrons. The maximum Gasteiger partial charge on any atom is 0.292 e. The van der Waals surface area contributed by atoms with E-state index in [-0.39, 0.29) is 30.0 Å². The summed E-state index contributed by atoms with van der Waals surface area (Å²) in [5, 5.41) is 9.46. The van der Waals surface area contributed by atoms with Gasteiger partial charge in [-0.15, -0.1) is 0 Å². The van der Waals surface area contributed by atoms with Gasteiger partial charge in [-0.05, 0) is 43.3 Å². The molecular weight excluding hydrogens is 370 g/mol. The molecule has 1 atom stereocenters. The molecule has 7 nitrogen and oxygen atoms in total. The summed E-state index contributed by atoms with van der Waals surface area (Å²) in [7, 11) is 0. The molecule has 0 spiro atoms. The summed E-state index contributed by atoms with van der Waals surface area (Å²) in [6.45, 7) is 5.62. The number of ether oxygens (including phenoxy) is 1. The number of imide groups is 1. The van der Waals surface area contributed by atoms with Crippen LogP contribution in [0.15, 0.2) is 48.5 Å². The van der Waals surface area contributed by atoms with Crippen LogP contribution < -0.4 is 19.4 Å². The van der Waals surface area contributed by atoms with E-state index in [1.54, 1.807) is 30.3 Å². The largest absolute Gasteiger partial charge is 0.508 e. The molecule has 2 aromatic rings. The zero-order chi connectivity index (χ0) is 20.4. The number of nitrogens with zero attached hydrogens (tertiary/aromatic N) is 2. The van der Waals surface area contributed by atoms with Crippen molar-refractivity contribution in [2.45, 2.75) is 19.4 Å². The van der Waals surface area contributed by atoms with Gasteiger partial charge in [0.05, 0.1) is 44.9 Å². The lowest BCUT2D eigenvalue weighted by molar-refractivity contribution is -0.915. The van der Waals surface area contributed by atoms with Gasteiger partial charge in [-0.3, -0.25) is 9.59 Å². The number of carbonyl (C=O) groups is 2. The van der Waals surface area contributed by atoms with Gasteiger partial charge in [-0.1, -0.05) is 6.07 Å². The van der Waals surface area contributed by atoms with E-state index in [0.29, 0.717) is 18.0 Å². The number of phenols is 1. The first-order valence-corrected chi connectivity index (χ1v) is 10.0. The number of piperazine rings is 1. The van der Waals surface area contributed by atoms with Gasteiger partial charge in [0.15, 0.2) is 6.04 Å². The molecule has 0 unspecified atom stereocenters. The topological polar surface area (TPSA) is 74.5 Å². The highest BCUT2D eigenvalue weighted by molar-refractivity contribution is 6.21. The fraction of sp³-hybridized carbons (Fsp3) is 0.364. The number of carbonyl (C=O) groups excluding carboxylic acids is 2. The van der Waals surface area contributed by atoms with Crippen LogP contribution in [-0.2, 0) is 9.59 Å². The van der Waals surface area contributed by atoms with Gasteiger partial charge in [-0.25, -0.2) is 4.90 Å². The summed E-state index contributed by atoms with van der Waals surface area (Å²) in [6.07, 6.45) is 0.242. The number of hydrogen-bond acceptors (Lipinski definition) is 5. The average molecular weight is 396 g/mol. The van der Waals surface area contributed by atoms with E-state index in [2.05, 4.69) is 4.90 Å². The van der Waals surface area contributed by atoms with Crippen molar-refractivity contribution in [2.24, 2.45) is 0 Å². The first-order valence-electron chi connectivity index (χ1n) is 10.0. The van der Waals surface area contributed by atoms with Crippen molar-refractivity contribution in [1.82, 2.24) is 0 Å². The maximum atomic E-state index is 13.1. The Bertz CT molecular complexity index is 891. The fourth-order valence-corrected chi connectivity index (χ4v) is 4.17. The van der Waals surface area contributed by atoms with Crippen LogP contribution in [-0.4, -0.2) is 55.7 Å². The number of aromatic hydroxyl groups is 1. The average Bonchev–Trinajstić information content (AvgIpc) is 3.03. The Hall–Kier alpha value is -3.06. The van der Waals surface area contributed by atoms with Gasteiger partial charge >= 0.3 is 0 Å². The predicted molar refractivity (Wildman–Crippen MR) is 110 cm³/mol. The smallest absolute Gasteiger partial charge is 0.292 e. The van der Waals surface area contributed by atoms with Crippen LogP contribution in [0.2, 0.25) is 0 Å². The molecule has 2 aliphatic heterocycles. The van der Waals surface area contributed by atoms with E-state index in [9.17, 15) is 14.7 Å². The predicted octanol–water partition coefficient (Wildman–Crippen LogP) is 0.828. The second-order valence-corrected chi connectivity index (χ2v) is 7.42. The summed E-state index contributed by atoms with van der Waals surface area (Å²) in [4.78, 5) is 30.4. The summed E-state index contributed by atoms with van der Waals surface area (Å²) in [5.41, 5.74) is 1.64. The first kappa shape index (κ1) is 19.3.